The van der Waals surface area contributed by atoms with Crippen molar-refractivity contribution < 1.29 is 4.79 Å². The Morgan fingerprint density at radius 2 is 1.48 bits per heavy atom. The molecule has 33 heavy (non-hydrogen) atoms. The second-order valence-electron chi connectivity index (χ2n) is 8.50. The van der Waals surface area contributed by atoms with Crippen LogP contribution in [-0.4, -0.2) is 10.8 Å². The third-order valence-electron chi connectivity index (χ3n) is 6.02. The number of nitrogens with one attached hydrogen (secondary N) is 2. The number of ketones is 1. The van der Waals surface area contributed by atoms with Crippen molar-refractivity contribution in [3.63, 3.8) is 0 Å². The maximum absolute atomic E-state index is 14.0. The van der Waals surface area contributed by atoms with Crippen LogP contribution < -0.4 is 5.32 Å². The summed E-state index contributed by atoms with van der Waals surface area (Å²) in [5.74, 6) is 0.0402. The Balaban J connectivity index is 1.72. The van der Waals surface area contributed by atoms with E-state index in [4.69, 9.17) is 0 Å². The van der Waals surface area contributed by atoms with Crippen LogP contribution in [0.1, 0.15) is 33.1 Å². The predicted molar refractivity (Wildman–Crippen MR) is 137 cm³/mol. The van der Waals surface area contributed by atoms with Gasteiger partial charge in [0.25, 0.3) is 0 Å². The molecule has 5 rings (SSSR count). The third-order valence-corrected chi connectivity index (χ3v) is 6.02. The van der Waals surface area contributed by atoms with Crippen LogP contribution in [0.2, 0.25) is 0 Å². The van der Waals surface area contributed by atoms with Crippen molar-refractivity contribution in [2.45, 2.75) is 19.9 Å². The molecule has 2 N–H and O–H groups in total. The molecule has 5 aromatic rings. The average Bonchev–Trinajstić information content (AvgIpc) is 3.23. The molecule has 0 bridgehead atoms. The normalized spacial score (nSPS) is 11.9. The Kier molecular flexibility index (Phi) is 5.54. The molecule has 3 nitrogen and oxygen atoms in total. The molecule has 0 aliphatic heterocycles. The molecule has 1 unspecified atom stereocenters. The van der Waals surface area contributed by atoms with Gasteiger partial charge in [0, 0.05) is 27.7 Å². The summed E-state index contributed by atoms with van der Waals surface area (Å²) in [6.45, 7) is 4.09. The van der Waals surface area contributed by atoms with E-state index in [2.05, 4.69) is 53.6 Å². The smallest absolute Gasteiger partial charge is 0.189 e. The monoisotopic (exact) mass is 430 g/mol. The molecule has 0 fully saturated rings. The summed E-state index contributed by atoms with van der Waals surface area (Å²) >= 11 is 0. The van der Waals surface area contributed by atoms with Crippen LogP contribution in [0.25, 0.3) is 22.2 Å². The Morgan fingerprint density at radius 1 is 0.758 bits per heavy atom. The molecule has 0 saturated carbocycles. The van der Waals surface area contributed by atoms with Crippen molar-refractivity contribution in [2.24, 2.45) is 0 Å². The fourth-order valence-electron chi connectivity index (χ4n) is 4.35. The summed E-state index contributed by atoms with van der Waals surface area (Å²) in [7, 11) is 0. The van der Waals surface area contributed by atoms with E-state index >= 15 is 0 Å². The van der Waals surface area contributed by atoms with Crippen LogP contribution in [0, 0.1) is 13.8 Å². The summed E-state index contributed by atoms with van der Waals surface area (Å²) in [5.41, 5.74) is 7.87. The lowest BCUT2D eigenvalue weighted by molar-refractivity contribution is 0.0970. The van der Waals surface area contributed by atoms with Gasteiger partial charge < -0.3 is 10.3 Å². The van der Waals surface area contributed by atoms with E-state index in [1.165, 1.54) is 0 Å². The van der Waals surface area contributed by atoms with Crippen molar-refractivity contribution >= 4 is 22.4 Å². The Morgan fingerprint density at radius 3 is 2.24 bits per heavy atom. The van der Waals surface area contributed by atoms with E-state index in [0.29, 0.717) is 5.56 Å². The zero-order valence-corrected chi connectivity index (χ0v) is 18.8. The zero-order valence-electron chi connectivity index (χ0n) is 18.8. The molecule has 0 spiro atoms. The summed E-state index contributed by atoms with van der Waals surface area (Å²) in [5, 5.41) is 4.61. The molecule has 162 valence electrons. The van der Waals surface area contributed by atoms with Crippen molar-refractivity contribution in [1.82, 2.24) is 4.98 Å². The van der Waals surface area contributed by atoms with Crippen LogP contribution in [0.15, 0.2) is 103 Å². The van der Waals surface area contributed by atoms with Crippen molar-refractivity contribution in [3.8, 4) is 11.3 Å². The maximum Gasteiger partial charge on any atom is 0.189 e. The van der Waals surface area contributed by atoms with Gasteiger partial charge in [-0.15, -0.1) is 0 Å². The number of Topliss-reactive ketones (excluding diaryl/α,β-unsaturated/α-hetero) is 1. The highest BCUT2D eigenvalue weighted by atomic mass is 16.1. The number of carbonyl (C=O) groups excluding carboxylic acids is 1. The minimum atomic E-state index is -0.555. The third kappa shape index (κ3) is 4.18. The molecule has 1 aromatic heterocycles. The van der Waals surface area contributed by atoms with Gasteiger partial charge in [-0.25, -0.2) is 0 Å². The van der Waals surface area contributed by atoms with E-state index in [1.807, 2.05) is 73.7 Å². The molecule has 3 heteroatoms. The standard InChI is InChI=1S/C30H26N2O/c1-20-15-17-23(18-16-20)30(33)29(31-24-12-8-9-21(2)19-24)27-25-13-6-7-14-26(25)32-28(27)22-10-4-3-5-11-22/h3-19,29,31-32H,1-2H3. The second-order valence-corrected chi connectivity index (χ2v) is 8.50. The van der Waals surface area contributed by atoms with E-state index < -0.39 is 6.04 Å². The van der Waals surface area contributed by atoms with E-state index in [1.54, 1.807) is 0 Å². The summed E-state index contributed by atoms with van der Waals surface area (Å²) in [6.07, 6.45) is 0. The number of benzene rings is 4. The van der Waals surface area contributed by atoms with Crippen LogP contribution >= 0.6 is 0 Å². The number of hydrogen-bond donors (Lipinski definition) is 2. The first-order chi connectivity index (χ1) is 16.1. The molecule has 4 aromatic carbocycles. The number of H-pyrrole nitrogens is 1. The predicted octanol–water partition coefficient (Wildman–Crippen LogP) is 7.49. The maximum atomic E-state index is 14.0. The van der Waals surface area contributed by atoms with Crippen molar-refractivity contribution in [1.29, 1.82) is 0 Å². The Bertz CT molecular complexity index is 1420. The Labute approximate surface area is 194 Å². The number of anilines is 1. The van der Waals surface area contributed by atoms with Gasteiger partial charge in [0.2, 0.25) is 0 Å². The molecule has 0 aliphatic rings. The minimum absolute atomic E-state index is 0.0402. The van der Waals surface area contributed by atoms with Crippen molar-refractivity contribution in [2.75, 3.05) is 5.32 Å². The van der Waals surface area contributed by atoms with Crippen LogP contribution in [0.3, 0.4) is 0 Å². The molecule has 0 saturated heterocycles. The fourth-order valence-corrected chi connectivity index (χ4v) is 4.35. The van der Waals surface area contributed by atoms with Gasteiger partial charge in [-0.3, -0.25) is 4.79 Å². The molecule has 1 heterocycles. The van der Waals surface area contributed by atoms with E-state index in [-0.39, 0.29) is 5.78 Å². The first kappa shape index (κ1) is 20.8. The highest BCUT2D eigenvalue weighted by molar-refractivity contribution is 6.06. The molecule has 1 atom stereocenters. The minimum Gasteiger partial charge on any atom is -0.371 e. The van der Waals surface area contributed by atoms with Gasteiger partial charge in [0.1, 0.15) is 6.04 Å². The molecular weight excluding hydrogens is 404 g/mol. The highest BCUT2D eigenvalue weighted by Gasteiger charge is 2.28. The quantitative estimate of drug-likeness (QED) is 0.274. The van der Waals surface area contributed by atoms with Gasteiger partial charge in [-0.1, -0.05) is 90.5 Å². The molecular formula is C30H26N2O. The second kappa shape index (κ2) is 8.79. The first-order valence-corrected chi connectivity index (χ1v) is 11.2. The number of rotatable bonds is 6. The largest absolute Gasteiger partial charge is 0.371 e. The van der Waals surface area contributed by atoms with E-state index in [0.717, 1.165) is 44.5 Å². The van der Waals surface area contributed by atoms with Gasteiger partial charge >= 0.3 is 0 Å². The van der Waals surface area contributed by atoms with Gasteiger partial charge in [0.05, 0.1) is 5.69 Å². The lowest BCUT2D eigenvalue weighted by Gasteiger charge is -2.21. The van der Waals surface area contributed by atoms with Gasteiger partial charge in [-0.05, 0) is 43.2 Å². The number of carbonyl (C=O) groups is 1. The van der Waals surface area contributed by atoms with Crippen LogP contribution in [-0.2, 0) is 0 Å². The first-order valence-electron chi connectivity index (χ1n) is 11.2. The zero-order chi connectivity index (χ0) is 22.8. The summed E-state index contributed by atoms with van der Waals surface area (Å²) in [6, 6.07) is 33.8. The summed E-state index contributed by atoms with van der Waals surface area (Å²) < 4.78 is 0. The number of hydrogen-bond acceptors (Lipinski definition) is 2. The van der Waals surface area contributed by atoms with Gasteiger partial charge in [-0.2, -0.15) is 0 Å². The number of para-hydroxylation sites is 1. The van der Waals surface area contributed by atoms with Crippen molar-refractivity contribution in [3.05, 3.63) is 125 Å². The number of fused-ring (bicyclic) bond motifs is 1. The SMILES string of the molecule is Cc1ccc(C(=O)C(Nc2cccc(C)c2)c2c(-c3ccccc3)[nH]c3ccccc23)cc1. The number of aromatic nitrogens is 1. The molecule has 0 radical (unpaired) electrons. The van der Waals surface area contributed by atoms with Crippen LogP contribution in [0.4, 0.5) is 5.69 Å². The lowest BCUT2D eigenvalue weighted by Crippen LogP contribution is -2.22. The molecule has 0 aliphatic carbocycles. The van der Waals surface area contributed by atoms with Gasteiger partial charge in [0.15, 0.2) is 5.78 Å². The average molecular weight is 431 g/mol. The van der Waals surface area contributed by atoms with E-state index in [9.17, 15) is 4.79 Å². The fraction of sp³-hybridized carbons (Fsp3) is 0.100. The topological polar surface area (TPSA) is 44.9 Å². The number of aromatic amines is 1. The van der Waals surface area contributed by atoms with Crippen LogP contribution in [0.5, 0.6) is 0 Å². The molecule has 0 amide bonds. The summed E-state index contributed by atoms with van der Waals surface area (Å²) in [4.78, 5) is 17.6. The number of aryl methyl sites for hydroxylation is 2. The highest BCUT2D eigenvalue weighted by Crippen LogP contribution is 2.38. The Hall–Kier alpha value is -4.11. The lowest BCUT2D eigenvalue weighted by atomic mass is 9.92.